The lowest BCUT2D eigenvalue weighted by Crippen LogP contribution is -2.21. The summed E-state index contributed by atoms with van der Waals surface area (Å²) in [6.07, 6.45) is 2.99. The Labute approximate surface area is 105 Å². The number of ether oxygens (including phenoxy) is 1. The van der Waals surface area contributed by atoms with E-state index in [0.717, 1.165) is 31.6 Å². The van der Waals surface area contributed by atoms with Crippen molar-refractivity contribution in [3.05, 3.63) is 29.8 Å². The van der Waals surface area contributed by atoms with Crippen LogP contribution in [0.2, 0.25) is 0 Å². The third kappa shape index (κ3) is 5.22. The minimum Gasteiger partial charge on any atom is -0.493 e. The lowest BCUT2D eigenvalue weighted by atomic mass is 10.0. The molecule has 1 aromatic rings. The predicted molar refractivity (Wildman–Crippen MR) is 73.4 cm³/mol. The van der Waals surface area contributed by atoms with Crippen LogP contribution < -0.4 is 10.5 Å². The maximum absolute atomic E-state index is 6.00. The molecule has 1 rings (SSSR count). The fourth-order valence-corrected chi connectivity index (χ4v) is 1.64. The van der Waals surface area contributed by atoms with Crippen LogP contribution in [0.1, 0.15) is 39.2 Å². The largest absolute Gasteiger partial charge is 0.493 e. The molecule has 2 heteroatoms. The molecule has 2 nitrogen and oxygen atoms in total. The Morgan fingerprint density at radius 2 is 1.94 bits per heavy atom. The molecule has 0 radical (unpaired) electrons. The fourth-order valence-electron chi connectivity index (χ4n) is 1.64. The van der Waals surface area contributed by atoms with Crippen LogP contribution in [-0.2, 0) is 6.42 Å². The standard InChI is InChI=1S/C15H25NO/c1-4-14(16)11-13-7-5-6-8-15(13)17-10-9-12(2)3/h5-8,12,14H,4,9-11,16H2,1-3H3. The summed E-state index contributed by atoms with van der Waals surface area (Å²) in [4.78, 5) is 0. The second kappa shape index (κ2) is 7.33. The monoisotopic (exact) mass is 235 g/mol. The van der Waals surface area contributed by atoms with E-state index in [1.165, 1.54) is 5.56 Å². The first-order valence-corrected chi connectivity index (χ1v) is 6.59. The topological polar surface area (TPSA) is 35.2 Å². The van der Waals surface area contributed by atoms with E-state index < -0.39 is 0 Å². The molecule has 17 heavy (non-hydrogen) atoms. The van der Waals surface area contributed by atoms with Crippen molar-refractivity contribution >= 4 is 0 Å². The molecule has 0 spiro atoms. The van der Waals surface area contributed by atoms with Gasteiger partial charge in [-0.25, -0.2) is 0 Å². The Morgan fingerprint density at radius 1 is 1.24 bits per heavy atom. The van der Waals surface area contributed by atoms with Crippen molar-refractivity contribution in [2.75, 3.05) is 6.61 Å². The van der Waals surface area contributed by atoms with Crippen molar-refractivity contribution in [2.45, 2.75) is 46.1 Å². The SMILES string of the molecule is CCC(N)Cc1ccccc1OCCC(C)C. The van der Waals surface area contributed by atoms with Crippen LogP contribution in [-0.4, -0.2) is 12.6 Å². The maximum atomic E-state index is 6.00. The number of hydrogen-bond donors (Lipinski definition) is 1. The summed E-state index contributed by atoms with van der Waals surface area (Å²) in [7, 11) is 0. The first-order chi connectivity index (χ1) is 8.13. The van der Waals surface area contributed by atoms with Gasteiger partial charge in [0.25, 0.3) is 0 Å². The van der Waals surface area contributed by atoms with E-state index in [-0.39, 0.29) is 6.04 Å². The quantitative estimate of drug-likeness (QED) is 0.786. The number of rotatable bonds is 7. The van der Waals surface area contributed by atoms with Gasteiger partial charge in [0.15, 0.2) is 0 Å². The summed E-state index contributed by atoms with van der Waals surface area (Å²) < 4.78 is 5.84. The summed E-state index contributed by atoms with van der Waals surface area (Å²) in [5.74, 6) is 1.68. The van der Waals surface area contributed by atoms with Crippen LogP contribution in [0.25, 0.3) is 0 Å². The van der Waals surface area contributed by atoms with E-state index in [1.54, 1.807) is 0 Å². The van der Waals surface area contributed by atoms with Crippen LogP contribution in [0, 0.1) is 5.92 Å². The van der Waals surface area contributed by atoms with Gasteiger partial charge < -0.3 is 10.5 Å². The van der Waals surface area contributed by atoms with Gasteiger partial charge in [-0.2, -0.15) is 0 Å². The number of para-hydroxylation sites is 1. The molecule has 2 N–H and O–H groups in total. The first-order valence-electron chi connectivity index (χ1n) is 6.59. The molecule has 0 bridgehead atoms. The van der Waals surface area contributed by atoms with Crippen LogP contribution in [0.15, 0.2) is 24.3 Å². The van der Waals surface area contributed by atoms with E-state index in [0.29, 0.717) is 5.92 Å². The van der Waals surface area contributed by atoms with Crippen molar-refractivity contribution in [1.82, 2.24) is 0 Å². The highest BCUT2D eigenvalue weighted by Gasteiger charge is 2.07. The third-order valence-corrected chi connectivity index (χ3v) is 2.93. The molecule has 0 amide bonds. The summed E-state index contributed by atoms with van der Waals surface area (Å²) >= 11 is 0. The van der Waals surface area contributed by atoms with Gasteiger partial charge in [0.1, 0.15) is 5.75 Å². The van der Waals surface area contributed by atoms with Crippen molar-refractivity contribution in [3.8, 4) is 5.75 Å². The first kappa shape index (κ1) is 14.0. The highest BCUT2D eigenvalue weighted by molar-refractivity contribution is 5.33. The number of hydrogen-bond acceptors (Lipinski definition) is 2. The van der Waals surface area contributed by atoms with E-state index in [1.807, 2.05) is 18.2 Å². The van der Waals surface area contributed by atoms with Crippen LogP contribution in [0.3, 0.4) is 0 Å². The summed E-state index contributed by atoms with van der Waals surface area (Å²) in [5, 5.41) is 0. The van der Waals surface area contributed by atoms with Gasteiger partial charge in [-0.05, 0) is 36.8 Å². The minimum atomic E-state index is 0.227. The second-order valence-electron chi connectivity index (χ2n) is 5.01. The zero-order valence-corrected chi connectivity index (χ0v) is 11.3. The van der Waals surface area contributed by atoms with Crippen molar-refractivity contribution in [1.29, 1.82) is 0 Å². The highest BCUT2D eigenvalue weighted by atomic mass is 16.5. The Hall–Kier alpha value is -1.02. The Morgan fingerprint density at radius 3 is 2.59 bits per heavy atom. The molecule has 1 atom stereocenters. The zero-order chi connectivity index (χ0) is 12.7. The van der Waals surface area contributed by atoms with Gasteiger partial charge in [-0.1, -0.05) is 39.0 Å². The van der Waals surface area contributed by atoms with E-state index in [2.05, 4.69) is 26.8 Å². The molecular formula is C15H25NO. The molecule has 0 saturated carbocycles. The molecule has 0 saturated heterocycles. The van der Waals surface area contributed by atoms with Gasteiger partial charge in [0, 0.05) is 6.04 Å². The second-order valence-corrected chi connectivity index (χ2v) is 5.01. The van der Waals surface area contributed by atoms with Gasteiger partial charge in [0.05, 0.1) is 6.61 Å². The van der Waals surface area contributed by atoms with Crippen molar-refractivity contribution < 1.29 is 4.74 Å². The molecule has 0 heterocycles. The minimum absolute atomic E-state index is 0.227. The van der Waals surface area contributed by atoms with E-state index >= 15 is 0 Å². The average Bonchev–Trinajstić information content (AvgIpc) is 2.30. The van der Waals surface area contributed by atoms with Gasteiger partial charge in [-0.15, -0.1) is 0 Å². The van der Waals surface area contributed by atoms with Crippen molar-refractivity contribution in [3.63, 3.8) is 0 Å². The molecule has 0 aromatic heterocycles. The van der Waals surface area contributed by atoms with Crippen LogP contribution in [0.5, 0.6) is 5.75 Å². The molecule has 0 fully saturated rings. The maximum Gasteiger partial charge on any atom is 0.122 e. The molecule has 0 aliphatic heterocycles. The molecule has 1 aromatic carbocycles. The number of benzene rings is 1. The van der Waals surface area contributed by atoms with Gasteiger partial charge in [-0.3, -0.25) is 0 Å². The molecule has 0 aliphatic carbocycles. The Balaban J connectivity index is 2.57. The summed E-state index contributed by atoms with van der Waals surface area (Å²) in [6, 6.07) is 8.45. The smallest absolute Gasteiger partial charge is 0.122 e. The van der Waals surface area contributed by atoms with Crippen LogP contribution >= 0.6 is 0 Å². The lowest BCUT2D eigenvalue weighted by molar-refractivity contribution is 0.286. The third-order valence-electron chi connectivity index (χ3n) is 2.93. The summed E-state index contributed by atoms with van der Waals surface area (Å²) in [6.45, 7) is 7.33. The molecule has 96 valence electrons. The molecule has 1 unspecified atom stereocenters. The average molecular weight is 235 g/mol. The Bertz CT molecular complexity index is 322. The van der Waals surface area contributed by atoms with Gasteiger partial charge in [0.2, 0.25) is 0 Å². The Kier molecular flexibility index (Phi) is 6.06. The molecular weight excluding hydrogens is 210 g/mol. The van der Waals surface area contributed by atoms with Gasteiger partial charge >= 0.3 is 0 Å². The van der Waals surface area contributed by atoms with E-state index in [4.69, 9.17) is 10.5 Å². The normalized spacial score (nSPS) is 12.8. The fraction of sp³-hybridized carbons (Fsp3) is 0.600. The summed E-state index contributed by atoms with van der Waals surface area (Å²) in [5.41, 5.74) is 7.22. The highest BCUT2D eigenvalue weighted by Crippen LogP contribution is 2.20. The zero-order valence-electron chi connectivity index (χ0n) is 11.3. The number of nitrogens with two attached hydrogens (primary N) is 1. The predicted octanol–water partition coefficient (Wildman–Crippen LogP) is 3.39. The lowest BCUT2D eigenvalue weighted by Gasteiger charge is -2.14. The molecule has 0 aliphatic rings. The van der Waals surface area contributed by atoms with Crippen molar-refractivity contribution in [2.24, 2.45) is 11.7 Å². The van der Waals surface area contributed by atoms with Crippen LogP contribution in [0.4, 0.5) is 0 Å². The van der Waals surface area contributed by atoms with E-state index in [9.17, 15) is 0 Å².